The number of nitrogens with one attached hydrogen (secondary N) is 1. The summed E-state index contributed by atoms with van der Waals surface area (Å²) >= 11 is 0. The molecule has 2 aromatic carbocycles. The van der Waals surface area contributed by atoms with Gasteiger partial charge in [0, 0.05) is 23.1 Å². The van der Waals surface area contributed by atoms with Crippen LogP contribution in [0, 0.1) is 6.92 Å². The predicted molar refractivity (Wildman–Crippen MR) is 100 cm³/mol. The van der Waals surface area contributed by atoms with Crippen LogP contribution in [0.5, 0.6) is 0 Å². The van der Waals surface area contributed by atoms with Crippen LogP contribution in [0.3, 0.4) is 0 Å². The molecule has 0 saturated carbocycles. The minimum Gasteiger partial charge on any atom is -0.357 e. The second kappa shape index (κ2) is 5.86. The van der Waals surface area contributed by atoms with Crippen molar-refractivity contribution in [2.75, 3.05) is 6.54 Å². The summed E-state index contributed by atoms with van der Waals surface area (Å²) in [6.07, 6.45) is 2.40. The average molecular weight is 352 g/mol. The number of hydrogen-bond donors (Lipinski definition) is 1. The molecule has 1 aromatic heterocycles. The largest absolute Gasteiger partial charge is 0.357 e. The quantitative estimate of drug-likeness (QED) is 0.726. The third-order valence-electron chi connectivity index (χ3n) is 4.89. The smallest absolute Gasteiger partial charge is 0.243 e. The lowest BCUT2D eigenvalue weighted by atomic mass is 9.99. The Kier molecular flexibility index (Phi) is 3.78. The highest BCUT2D eigenvalue weighted by atomic mass is 32.2. The van der Waals surface area contributed by atoms with Crippen LogP contribution in [-0.2, 0) is 16.4 Å². The van der Waals surface area contributed by atoms with E-state index in [-0.39, 0.29) is 6.04 Å². The van der Waals surface area contributed by atoms with Crippen molar-refractivity contribution in [1.82, 2.24) is 9.29 Å². The summed E-state index contributed by atoms with van der Waals surface area (Å²) in [5, 5.41) is 1.16. The topological polar surface area (TPSA) is 53.2 Å². The van der Waals surface area contributed by atoms with Gasteiger partial charge in [-0.25, -0.2) is 8.42 Å². The van der Waals surface area contributed by atoms with Crippen LogP contribution in [-0.4, -0.2) is 24.3 Å². The number of aryl methyl sites for hydroxylation is 1. The number of aromatic amines is 1. The van der Waals surface area contributed by atoms with Gasteiger partial charge in [-0.3, -0.25) is 0 Å². The van der Waals surface area contributed by atoms with Crippen molar-refractivity contribution < 1.29 is 8.42 Å². The predicted octanol–water partition coefficient (Wildman–Crippen LogP) is 3.95. The standard InChI is InChI=1S/C20H20N2O2S/c1-3-19-20-17(16-6-4-5-7-18(16)21-20)12-13-22(19)25(23,24)15-10-8-14(2)9-11-15/h3-11,19,21H,1,12-13H2,2H3/t19-/m1/s1. The van der Waals surface area contributed by atoms with Crippen LogP contribution in [0.15, 0.2) is 66.1 Å². The zero-order valence-corrected chi connectivity index (χ0v) is 14.9. The van der Waals surface area contributed by atoms with Gasteiger partial charge in [-0.1, -0.05) is 42.0 Å². The Bertz CT molecular complexity index is 1050. The molecule has 4 nitrogen and oxygen atoms in total. The summed E-state index contributed by atoms with van der Waals surface area (Å²) in [5.74, 6) is 0. The molecule has 3 aromatic rings. The molecule has 1 N–H and O–H groups in total. The van der Waals surface area contributed by atoms with Gasteiger partial charge in [0.25, 0.3) is 0 Å². The molecule has 5 heteroatoms. The Balaban J connectivity index is 1.82. The Labute approximate surface area is 147 Å². The SMILES string of the molecule is C=C[C@@H]1c2[nH]c3ccccc3c2CCN1S(=O)(=O)c1ccc(C)cc1. The van der Waals surface area contributed by atoms with E-state index in [2.05, 4.69) is 17.6 Å². The molecule has 1 atom stereocenters. The van der Waals surface area contributed by atoms with E-state index in [0.717, 1.165) is 22.2 Å². The van der Waals surface area contributed by atoms with Crippen LogP contribution in [0.25, 0.3) is 10.9 Å². The summed E-state index contributed by atoms with van der Waals surface area (Å²) in [7, 11) is -3.58. The third kappa shape index (κ3) is 2.51. The lowest BCUT2D eigenvalue weighted by Gasteiger charge is -2.33. The van der Waals surface area contributed by atoms with Crippen molar-refractivity contribution >= 4 is 20.9 Å². The maximum atomic E-state index is 13.2. The fourth-order valence-electron chi connectivity index (χ4n) is 3.60. The Morgan fingerprint density at radius 3 is 2.60 bits per heavy atom. The first-order valence-corrected chi connectivity index (χ1v) is 9.77. The van der Waals surface area contributed by atoms with E-state index in [4.69, 9.17) is 0 Å². The number of hydrogen-bond acceptors (Lipinski definition) is 2. The van der Waals surface area contributed by atoms with Crippen LogP contribution >= 0.6 is 0 Å². The number of nitrogens with zero attached hydrogens (tertiary/aromatic N) is 1. The van der Waals surface area contributed by atoms with Crippen molar-refractivity contribution in [2.45, 2.75) is 24.3 Å². The molecule has 0 radical (unpaired) electrons. The zero-order valence-electron chi connectivity index (χ0n) is 14.1. The lowest BCUT2D eigenvalue weighted by Crippen LogP contribution is -2.39. The number of para-hydroxylation sites is 1. The van der Waals surface area contributed by atoms with Gasteiger partial charge in [-0.15, -0.1) is 6.58 Å². The van der Waals surface area contributed by atoms with E-state index >= 15 is 0 Å². The van der Waals surface area contributed by atoms with Gasteiger partial charge in [-0.05, 0) is 37.1 Å². The fourth-order valence-corrected chi connectivity index (χ4v) is 5.17. The van der Waals surface area contributed by atoms with Crippen molar-refractivity contribution in [3.63, 3.8) is 0 Å². The molecule has 0 saturated heterocycles. The van der Waals surface area contributed by atoms with Crippen molar-refractivity contribution in [2.24, 2.45) is 0 Å². The van der Waals surface area contributed by atoms with Gasteiger partial charge in [0.1, 0.15) is 0 Å². The minimum absolute atomic E-state index is 0.324. The molecule has 0 bridgehead atoms. The van der Waals surface area contributed by atoms with Crippen molar-refractivity contribution in [3.8, 4) is 0 Å². The number of sulfonamides is 1. The summed E-state index contributed by atoms with van der Waals surface area (Å²) in [4.78, 5) is 3.73. The fraction of sp³-hybridized carbons (Fsp3) is 0.200. The number of H-pyrrole nitrogens is 1. The highest BCUT2D eigenvalue weighted by molar-refractivity contribution is 7.89. The molecule has 4 rings (SSSR count). The lowest BCUT2D eigenvalue weighted by molar-refractivity contribution is 0.348. The van der Waals surface area contributed by atoms with Crippen LogP contribution in [0.2, 0.25) is 0 Å². The molecular weight excluding hydrogens is 332 g/mol. The summed E-state index contributed by atoms with van der Waals surface area (Å²) in [6.45, 7) is 6.29. The number of aromatic nitrogens is 1. The zero-order chi connectivity index (χ0) is 17.6. The first-order chi connectivity index (χ1) is 12.0. The van der Waals surface area contributed by atoms with Crippen LogP contribution in [0.1, 0.15) is 22.9 Å². The van der Waals surface area contributed by atoms with E-state index in [0.29, 0.717) is 17.9 Å². The number of fused-ring (bicyclic) bond motifs is 3. The highest BCUT2D eigenvalue weighted by Crippen LogP contribution is 2.37. The second-order valence-corrected chi connectivity index (χ2v) is 8.31. The Morgan fingerprint density at radius 1 is 1.16 bits per heavy atom. The molecule has 0 aliphatic carbocycles. The average Bonchev–Trinajstić information content (AvgIpc) is 3.00. The maximum absolute atomic E-state index is 13.2. The third-order valence-corrected chi connectivity index (χ3v) is 6.78. The Morgan fingerprint density at radius 2 is 1.88 bits per heavy atom. The molecule has 1 aliphatic heterocycles. The number of benzene rings is 2. The molecule has 128 valence electrons. The maximum Gasteiger partial charge on any atom is 0.243 e. The van der Waals surface area contributed by atoms with E-state index in [1.807, 2.05) is 37.3 Å². The number of rotatable bonds is 3. The Hall–Kier alpha value is -2.37. The van der Waals surface area contributed by atoms with E-state index in [9.17, 15) is 8.42 Å². The van der Waals surface area contributed by atoms with Crippen molar-refractivity contribution in [1.29, 1.82) is 0 Å². The molecule has 0 fully saturated rings. The van der Waals surface area contributed by atoms with Gasteiger partial charge in [-0.2, -0.15) is 4.31 Å². The summed E-state index contributed by atoms with van der Waals surface area (Å²) in [5.41, 5.74) is 4.19. The first kappa shape index (κ1) is 16.1. The van der Waals surface area contributed by atoms with Gasteiger partial charge in [0.2, 0.25) is 10.0 Å². The molecule has 0 spiro atoms. The second-order valence-electron chi connectivity index (χ2n) is 6.42. The van der Waals surface area contributed by atoms with Crippen LogP contribution in [0.4, 0.5) is 0 Å². The summed E-state index contributed by atoms with van der Waals surface area (Å²) in [6, 6.07) is 14.7. The first-order valence-electron chi connectivity index (χ1n) is 8.33. The van der Waals surface area contributed by atoms with E-state index < -0.39 is 10.0 Å². The van der Waals surface area contributed by atoms with Crippen molar-refractivity contribution in [3.05, 3.63) is 78.0 Å². The van der Waals surface area contributed by atoms with E-state index in [1.54, 1.807) is 22.5 Å². The van der Waals surface area contributed by atoms with Crippen LogP contribution < -0.4 is 0 Å². The molecule has 2 heterocycles. The molecule has 0 amide bonds. The monoisotopic (exact) mass is 352 g/mol. The molecule has 1 aliphatic rings. The van der Waals surface area contributed by atoms with Gasteiger partial charge in [0.15, 0.2) is 0 Å². The summed E-state index contributed by atoms with van der Waals surface area (Å²) < 4.78 is 27.9. The van der Waals surface area contributed by atoms with Gasteiger partial charge < -0.3 is 4.98 Å². The van der Waals surface area contributed by atoms with Gasteiger partial charge >= 0.3 is 0 Å². The highest BCUT2D eigenvalue weighted by Gasteiger charge is 2.36. The van der Waals surface area contributed by atoms with Gasteiger partial charge in [0.05, 0.1) is 10.9 Å². The molecule has 0 unspecified atom stereocenters. The molecule has 25 heavy (non-hydrogen) atoms. The minimum atomic E-state index is -3.58. The molecular formula is C20H20N2O2S. The normalized spacial score (nSPS) is 18.2. The van der Waals surface area contributed by atoms with E-state index in [1.165, 1.54) is 5.56 Å².